The number of benzene rings is 3. The van der Waals surface area contributed by atoms with E-state index in [2.05, 4.69) is 39.3 Å². The summed E-state index contributed by atoms with van der Waals surface area (Å²) >= 11 is 0. The highest BCUT2D eigenvalue weighted by Gasteiger charge is 2.22. The van der Waals surface area contributed by atoms with Crippen molar-refractivity contribution in [3.05, 3.63) is 112 Å². The average Bonchev–Trinajstić information content (AvgIpc) is 3.08. The van der Waals surface area contributed by atoms with Crippen molar-refractivity contribution in [3.63, 3.8) is 0 Å². The monoisotopic (exact) mass is 644 g/mol. The Hall–Kier alpha value is -5.03. The number of hydrogen-bond donors (Lipinski definition) is 2. The zero-order valence-corrected chi connectivity index (χ0v) is 27.2. The first-order valence-corrected chi connectivity index (χ1v) is 15.7. The molecule has 246 valence electrons. The Balaban J connectivity index is 0.00000245. The molecule has 2 heterocycles. The SMILES string of the molecule is CC.CCN(CC)CCCNc1nc(-c2cc(C(=O)Nc3ccccc3)cc(F)c2C)c2ccc(=O)n(-c3c(F)cccc3F)c2n1. The molecule has 3 aromatic carbocycles. The van der Waals surface area contributed by atoms with E-state index in [9.17, 15) is 9.59 Å². The van der Waals surface area contributed by atoms with E-state index in [-0.39, 0.29) is 39.4 Å². The van der Waals surface area contributed by atoms with Crippen LogP contribution in [-0.4, -0.2) is 51.5 Å². The molecular formula is C36H39F3N6O2. The summed E-state index contributed by atoms with van der Waals surface area (Å²) in [5, 5.41) is 6.14. The maximum absolute atomic E-state index is 15.4. The summed E-state index contributed by atoms with van der Waals surface area (Å²) in [4.78, 5) is 37.8. The number of nitrogens with one attached hydrogen (secondary N) is 2. The van der Waals surface area contributed by atoms with E-state index in [1.807, 2.05) is 19.9 Å². The molecular weight excluding hydrogens is 605 g/mol. The lowest BCUT2D eigenvalue weighted by Crippen LogP contribution is -2.25. The lowest BCUT2D eigenvalue weighted by molar-refractivity contribution is 0.102. The summed E-state index contributed by atoms with van der Waals surface area (Å²) in [7, 11) is 0. The normalized spacial score (nSPS) is 10.9. The van der Waals surface area contributed by atoms with Crippen molar-refractivity contribution in [1.82, 2.24) is 19.4 Å². The Bertz CT molecular complexity index is 1890. The number of carbonyl (C=O) groups is 1. The largest absolute Gasteiger partial charge is 0.354 e. The molecule has 0 saturated heterocycles. The zero-order chi connectivity index (χ0) is 34.1. The van der Waals surface area contributed by atoms with Gasteiger partial charge in [-0.15, -0.1) is 0 Å². The van der Waals surface area contributed by atoms with Gasteiger partial charge in [-0.25, -0.2) is 18.2 Å². The molecule has 5 rings (SSSR count). The number of carbonyl (C=O) groups excluding carboxylic acids is 1. The van der Waals surface area contributed by atoms with E-state index in [1.54, 1.807) is 31.2 Å². The van der Waals surface area contributed by atoms with Crippen LogP contribution in [0.5, 0.6) is 0 Å². The summed E-state index contributed by atoms with van der Waals surface area (Å²) in [6.45, 7) is 12.8. The second-order valence-electron chi connectivity index (χ2n) is 10.5. The van der Waals surface area contributed by atoms with Crippen LogP contribution in [0.4, 0.5) is 24.8 Å². The van der Waals surface area contributed by atoms with Gasteiger partial charge in [-0.1, -0.05) is 52.0 Å². The van der Waals surface area contributed by atoms with Crippen LogP contribution in [0.15, 0.2) is 77.6 Å². The van der Waals surface area contributed by atoms with E-state index in [0.717, 1.165) is 54.9 Å². The number of anilines is 2. The maximum Gasteiger partial charge on any atom is 0.256 e. The maximum atomic E-state index is 15.4. The molecule has 2 N–H and O–H groups in total. The van der Waals surface area contributed by atoms with Crippen LogP contribution in [0, 0.1) is 24.4 Å². The van der Waals surface area contributed by atoms with Gasteiger partial charge in [0.2, 0.25) is 5.95 Å². The first-order valence-electron chi connectivity index (χ1n) is 15.7. The van der Waals surface area contributed by atoms with Crippen molar-refractivity contribution < 1.29 is 18.0 Å². The highest BCUT2D eigenvalue weighted by atomic mass is 19.1. The molecule has 0 aliphatic rings. The van der Waals surface area contributed by atoms with Gasteiger partial charge in [0.25, 0.3) is 11.5 Å². The smallest absolute Gasteiger partial charge is 0.256 e. The highest BCUT2D eigenvalue weighted by molar-refractivity contribution is 6.05. The van der Waals surface area contributed by atoms with Gasteiger partial charge in [0.1, 0.15) is 23.1 Å². The predicted octanol–water partition coefficient (Wildman–Crippen LogP) is 7.60. The summed E-state index contributed by atoms with van der Waals surface area (Å²) in [6.07, 6.45) is 0.741. The van der Waals surface area contributed by atoms with Crippen molar-refractivity contribution >= 4 is 28.6 Å². The van der Waals surface area contributed by atoms with E-state index < -0.39 is 34.6 Å². The fourth-order valence-corrected chi connectivity index (χ4v) is 5.14. The highest BCUT2D eigenvalue weighted by Crippen LogP contribution is 2.33. The molecule has 8 nitrogen and oxygen atoms in total. The third-order valence-corrected chi connectivity index (χ3v) is 7.63. The van der Waals surface area contributed by atoms with Gasteiger partial charge in [-0.2, -0.15) is 4.98 Å². The zero-order valence-electron chi connectivity index (χ0n) is 27.2. The number of pyridine rings is 1. The Morgan fingerprint density at radius 2 is 1.55 bits per heavy atom. The van der Waals surface area contributed by atoms with Crippen LogP contribution in [0.25, 0.3) is 28.0 Å². The number of aromatic nitrogens is 3. The third-order valence-electron chi connectivity index (χ3n) is 7.63. The number of amides is 1. The van der Waals surface area contributed by atoms with Gasteiger partial charge in [-0.3, -0.25) is 14.2 Å². The van der Waals surface area contributed by atoms with Crippen LogP contribution < -0.4 is 16.2 Å². The number of para-hydroxylation sites is 2. The molecule has 0 aliphatic carbocycles. The van der Waals surface area contributed by atoms with Crippen molar-refractivity contribution in [2.75, 3.05) is 36.8 Å². The Kier molecular flexibility index (Phi) is 11.9. The number of nitrogens with zero attached hydrogens (tertiary/aromatic N) is 4. The number of rotatable bonds is 11. The lowest BCUT2D eigenvalue weighted by Gasteiger charge is -2.19. The molecule has 0 unspecified atom stereocenters. The number of fused-ring (bicyclic) bond motifs is 1. The molecule has 0 radical (unpaired) electrons. The molecule has 0 fully saturated rings. The fourth-order valence-electron chi connectivity index (χ4n) is 5.14. The molecule has 1 amide bonds. The molecule has 47 heavy (non-hydrogen) atoms. The van der Waals surface area contributed by atoms with Crippen molar-refractivity contribution in [2.24, 2.45) is 0 Å². The fraction of sp³-hybridized carbons (Fsp3) is 0.278. The number of hydrogen-bond acceptors (Lipinski definition) is 6. The van der Waals surface area contributed by atoms with Crippen LogP contribution >= 0.6 is 0 Å². The van der Waals surface area contributed by atoms with Gasteiger partial charge in [0, 0.05) is 34.8 Å². The molecule has 0 spiro atoms. The van der Waals surface area contributed by atoms with Gasteiger partial charge in [0.15, 0.2) is 5.65 Å². The van der Waals surface area contributed by atoms with E-state index in [1.165, 1.54) is 18.2 Å². The second-order valence-corrected chi connectivity index (χ2v) is 10.5. The molecule has 0 bridgehead atoms. The molecule has 0 saturated carbocycles. The van der Waals surface area contributed by atoms with E-state index in [4.69, 9.17) is 0 Å². The molecule has 0 atom stereocenters. The second kappa shape index (κ2) is 16.0. The summed E-state index contributed by atoms with van der Waals surface area (Å²) in [6, 6.07) is 17.3. The Morgan fingerprint density at radius 3 is 2.21 bits per heavy atom. The van der Waals surface area contributed by atoms with Gasteiger partial charge < -0.3 is 15.5 Å². The summed E-state index contributed by atoms with van der Waals surface area (Å²) in [5.74, 6) is -3.04. The Labute approximate surface area is 272 Å². The Morgan fingerprint density at radius 1 is 0.872 bits per heavy atom. The first kappa shape index (κ1) is 34.8. The van der Waals surface area contributed by atoms with Gasteiger partial charge >= 0.3 is 0 Å². The molecule has 2 aromatic heterocycles. The minimum atomic E-state index is -0.958. The van der Waals surface area contributed by atoms with Crippen LogP contribution in [-0.2, 0) is 0 Å². The van der Waals surface area contributed by atoms with Crippen molar-refractivity contribution in [1.29, 1.82) is 0 Å². The topological polar surface area (TPSA) is 92.2 Å². The quantitative estimate of drug-likeness (QED) is 0.144. The van der Waals surface area contributed by atoms with Crippen molar-refractivity contribution in [3.8, 4) is 16.9 Å². The van der Waals surface area contributed by atoms with Gasteiger partial charge in [-0.05, 0) is 81.0 Å². The van der Waals surface area contributed by atoms with E-state index >= 15 is 13.2 Å². The standard InChI is InChI=1S/C34H33F3N6O2.C2H6/c1-4-42(5-2)18-10-17-38-34-40-30(24-15-16-29(44)43(32(24)41-34)31-26(35)13-9-14-27(31)36)25-19-22(20-28(37)21(25)3)33(45)39-23-11-7-6-8-12-23;1-2/h6-9,11-16,19-20H,4-5,10,17-18H2,1-3H3,(H,39,45)(H,38,40,41);1-2H3. The first-order chi connectivity index (χ1) is 22.7. The molecule has 11 heteroatoms. The minimum absolute atomic E-state index is 0.0333. The predicted molar refractivity (Wildman–Crippen MR) is 182 cm³/mol. The van der Waals surface area contributed by atoms with Gasteiger partial charge in [0.05, 0.1) is 5.69 Å². The van der Waals surface area contributed by atoms with Crippen LogP contribution in [0.2, 0.25) is 0 Å². The number of halogens is 3. The van der Waals surface area contributed by atoms with E-state index in [0.29, 0.717) is 12.2 Å². The third kappa shape index (κ3) is 7.86. The lowest BCUT2D eigenvalue weighted by atomic mass is 9.98. The summed E-state index contributed by atoms with van der Waals surface area (Å²) < 4.78 is 46.4. The summed E-state index contributed by atoms with van der Waals surface area (Å²) in [5.41, 5.74) is -0.203. The van der Waals surface area contributed by atoms with Crippen LogP contribution in [0.1, 0.15) is 50.0 Å². The average molecular weight is 645 g/mol. The molecule has 0 aliphatic heterocycles. The molecule has 5 aromatic rings. The van der Waals surface area contributed by atoms with Crippen LogP contribution in [0.3, 0.4) is 0 Å². The minimum Gasteiger partial charge on any atom is -0.354 e. The van der Waals surface area contributed by atoms with Crippen molar-refractivity contribution in [2.45, 2.75) is 41.0 Å².